The Morgan fingerprint density at radius 2 is 1.79 bits per heavy atom. The van der Waals surface area contributed by atoms with Crippen molar-refractivity contribution in [1.29, 1.82) is 0 Å². The van der Waals surface area contributed by atoms with Crippen molar-refractivity contribution in [3.8, 4) is 5.75 Å². The second-order valence-electron chi connectivity index (χ2n) is 2.27. The Labute approximate surface area is 88.8 Å². The van der Waals surface area contributed by atoms with Crippen LogP contribution in [0.5, 0.6) is 5.75 Å². The fourth-order valence-electron chi connectivity index (χ4n) is 1.09. The first-order chi connectivity index (χ1) is 6.97. The summed E-state index contributed by atoms with van der Waals surface area (Å²) in [5, 5.41) is 3.24. The molecule has 0 fully saturated rings. The molecule has 1 N–H and O–H groups in total. The minimum Gasteiger partial charge on any atom is -0.490 e. The van der Waals surface area contributed by atoms with E-state index in [1.54, 1.807) is 0 Å². The standard InChI is InChI=1S/C8H9NO.2C2H6.H2/c1-2-4-8-7(3-1)9-5-6-10-8;2*1-2;/h1-4,9H,5-6H2;2*1-2H3;1H. The van der Waals surface area contributed by atoms with Crippen molar-refractivity contribution in [3.63, 3.8) is 0 Å². The highest BCUT2D eigenvalue weighted by Crippen LogP contribution is 2.25. The van der Waals surface area contributed by atoms with Crippen LogP contribution >= 0.6 is 0 Å². The SMILES string of the molecule is CC.CC.[HH].c1ccc2c(c1)NCCO2. The average molecular weight is 197 g/mol. The first kappa shape index (κ1) is 12.8. The lowest BCUT2D eigenvalue weighted by atomic mass is 10.3. The molecule has 0 saturated carbocycles. The van der Waals surface area contributed by atoms with Gasteiger partial charge in [-0.2, -0.15) is 0 Å². The van der Waals surface area contributed by atoms with Crippen LogP contribution in [0.2, 0.25) is 0 Å². The van der Waals surface area contributed by atoms with Crippen LogP contribution in [0, 0.1) is 0 Å². The lowest BCUT2D eigenvalue weighted by molar-refractivity contribution is 0.323. The van der Waals surface area contributed by atoms with E-state index in [-0.39, 0.29) is 1.43 Å². The molecule has 1 aliphatic heterocycles. The number of para-hydroxylation sites is 2. The molecule has 14 heavy (non-hydrogen) atoms. The summed E-state index contributed by atoms with van der Waals surface area (Å²) in [7, 11) is 0. The number of ether oxygens (including phenoxy) is 1. The monoisotopic (exact) mass is 197 g/mol. The van der Waals surface area contributed by atoms with Crippen LogP contribution in [0.1, 0.15) is 29.1 Å². The third-order valence-corrected chi connectivity index (χ3v) is 1.56. The molecule has 0 bridgehead atoms. The lowest BCUT2D eigenvalue weighted by Gasteiger charge is -2.17. The topological polar surface area (TPSA) is 21.3 Å². The molecule has 0 aliphatic carbocycles. The van der Waals surface area contributed by atoms with Crippen LogP contribution in [0.25, 0.3) is 0 Å². The van der Waals surface area contributed by atoms with Gasteiger partial charge in [-0.05, 0) is 12.1 Å². The molecule has 2 rings (SSSR count). The summed E-state index contributed by atoms with van der Waals surface area (Å²) in [5.74, 6) is 0.966. The molecule has 82 valence electrons. The molecule has 0 amide bonds. The maximum absolute atomic E-state index is 5.36. The van der Waals surface area contributed by atoms with Crippen LogP contribution in [-0.4, -0.2) is 13.2 Å². The smallest absolute Gasteiger partial charge is 0.142 e. The van der Waals surface area contributed by atoms with Gasteiger partial charge in [0, 0.05) is 7.97 Å². The normalized spacial score (nSPS) is 11.4. The zero-order valence-electron chi connectivity index (χ0n) is 9.63. The molecular weight excluding hydrogens is 174 g/mol. The largest absolute Gasteiger partial charge is 0.490 e. The van der Waals surface area contributed by atoms with E-state index in [2.05, 4.69) is 5.32 Å². The number of nitrogens with one attached hydrogen (secondary N) is 1. The van der Waals surface area contributed by atoms with Crippen LogP contribution < -0.4 is 10.1 Å². The Bertz CT molecular complexity index is 216. The molecule has 0 radical (unpaired) electrons. The van der Waals surface area contributed by atoms with Gasteiger partial charge in [0.2, 0.25) is 0 Å². The van der Waals surface area contributed by atoms with Gasteiger partial charge in [0.15, 0.2) is 0 Å². The summed E-state index contributed by atoms with van der Waals surface area (Å²) in [6.07, 6.45) is 0. The molecule has 1 aromatic carbocycles. The van der Waals surface area contributed by atoms with Crippen molar-refractivity contribution in [3.05, 3.63) is 24.3 Å². The van der Waals surface area contributed by atoms with Gasteiger partial charge in [-0.1, -0.05) is 39.8 Å². The Morgan fingerprint density at radius 3 is 2.43 bits per heavy atom. The summed E-state index contributed by atoms with van der Waals surface area (Å²) in [5.41, 5.74) is 1.11. The van der Waals surface area contributed by atoms with Gasteiger partial charge in [-0.25, -0.2) is 0 Å². The maximum Gasteiger partial charge on any atom is 0.142 e. The first-order valence-corrected chi connectivity index (χ1v) is 5.42. The second-order valence-corrected chi connectivity index (χ2v) is 2.27. The molecule has 2 nitrogen and oxygen atoms in total. The minimum absolute atomic E-state index is 0. The Balaban J connectivity index is 0. The number of rotatable bonds is 0. The van der Waals surface area contributed by atoms with Crippen LogP contribution in [0.4, 0.5) is 5.69 Å². The van der Waals surface area contributed by atoms with E-state index in [1.165, 1.54) is 0 Å². The zero-order chi connectivity index (χ0) is 10.8. The number of hydrogen-bond donors (Lipinski definition) is 1. The van der Waals surface area contributed by atoms with Gasteiger partial charge in [0.1, 0.15) is 12.4 Å². The van der Waals surface area contributed by atoms with Crippen molar-refractivity contribution in [2.75, 3.05) is 18.5 Å². The van der Waals surface area contributed by atoms with Gasteiger partial charge < -0.3 is 10.1 Å². The zero-order valence-corrected chi connectivity index (χ0v) is 9.63. The quantitative estimate of drug-likeness (QED) is 0.683. The molecule has 1 heterocycles. The van der Waals surface area contributed by atoms with E-state index < -0.39 is 0 Å². The minimum atomic E-state index is 0. The third-order valence-electron chi connectivity index (χ3n) is 1.56. The van der Waals surface area contributed by atoms with Gasteiger partial charge in [0.05, 0.1) is 5.69 Å². The van der Waals surface area contributed by atoms with E-state index in [1.807, 2.05) is 52.0 Å². The Hall–Kier alpha value is -1.18. The second kappa shape index (κ2) is 8.42. The Kier molecular flexibility index (Phi) is 7.71. The predicted molar refractivity (Wildman–Crippen MR) is 65.2 cm³/mol. The van der Waals surface area contributed by atoms with Crippen LogP contribution in [0.15, 0.2) is 24.3 Å². The highest BCUT2D eigenvalue weighted by Gasteiger charge is 2.05. The van der Waals surface area contributed by atoms with Crippen LogP contribution in [-0.2, 0) is 0 Å². The van der Waals surface area contributed by atoms with Crippen molar-refractivity contribution < 1.29 is 6.16 Å². The highest BCUT2D eigenvalue weighted by molar-refractivity contribution is 5.57. The molecule has 2 heteroatoms. The molecule has 0 saturated heterocycles. The predicted octanol–water partition coefficient (Wildman–Crippen LogP) is 3.79. The van der Waals surface area contributed by atoms with E-state index in [4.69, 9.17) is 4.74 Å². The fraction of sp³-hybridized carbons (Fsp3) is 0.500. The lowest BCUT2D eigenvalue weighted by Crippen LogP contribution is -2.17. The summed E-state index contributed by atoms with van der Waals surface area (Å²) in [6, 6.07) is 7.97. The molecule has 0 aromatic heterocycles. The molecule has 0 unspecified atom stereocenters. The molecule has 0 spiro atoms. The Morgan fingerprint density at radius 1 is 1.14 bits per heavy atom. The fourth-order valence-corrected chi connectivity index (χ4v) is 1.09. The maximum atomic E-state index is 5.36. The number of fused-ring (bicyclic) bond motifs is 1. The average Bonchev–Trinajstić information content (AvgIpc) is 2.34. The van der Waals surface area contributed by atoms with Gasteiger partial charge in [0.25, 0.3) is 0 Å². The number of hydrogen-bond acceptors (Lipinski definition) is 2. The van der Waals surface area contributed by atoms with Gasteiger partial charge >= 0.3 is 0 Å². The van der Waals surface area contributed by atoms with E-state index >= 15 is 0 Å². The highest BCUT2D eigenvalue weighted by atomic mass is 16.5. The summed E-state index contributed by atoms with van der Waals surface area (Å²) in [4.78, 5) is 0. The van der Waals surface area contributed by atoms with Crippen molar-refractivity contribution >= 4 is 5.69 Å². The van der Waals surface area contributed by atoms with Gasteiger partial charge in [-0.15, -0.1) is 0 Å². The van der Waals surface area contributed by atoms with E-state index in [0.717, 1.165) is 24.6 Å². The molecule has 0 atom stereocenters. The van der Waals surface area contributed by atoms with Gasteiger partial charge in [-0.3, -0.25) is 0 Å². The van der Waals surface area contributed by atoms with E-state index in [0.29, 0.717) is 0 Å². The molecular formula is C12H23NO. The number of benzene rings is 1. The summed E-state index contributed by atoms with van der Waals surface area (Å²) >= 11 is 0. The van der Waals surface area contributed by atoms with Crippen molar-refractivity contribution in [1.82, 2.24) is 0 Å². The third kappa shape index (κ3) is 3.69. The van der Waals surface area contributed by atoms with Crippen LogP contribution in [0.3, 0.4) is 0 Å². The van der Waals surface area contributed by atoms with E-state index in [9.17, 15) is 0 Å². The molecule has 1 aromatic rings. The summed E-state index contributed by atoms with van der Waals surface area (Å²) < 4.78 is 5.36. The summed E-state index contributed by atoms with van der Waals surface area (Å²) in [6.45, 7) is 9.69. The first-order valence-electron chi connectivity index (χ1n) is 5.42. The molecule has 1 aliphatic rings. The van der Waals surface area contributed by atoms with Crippen molar-refractivity contribution in [2.45, 2.75) is 27.7 Å². The van der Waals surface area contributed by atoms with Crippen molar-refractivity contribution in [2.24, 2.45) is 0 Å². The number of anilines is 1.